The first-order valence-corrected chi connectivity index (χ1v) is 16.4. The van der Waals surface area contributed by atoms with Gasteiger partial charge in [0.05, 0.1) is 24.1 Å². The van der Waals surface area contributed by atoms with Crippen LogP contribution in [-0.4, -0.2) is 68.0 Å². The summed E-state index contributed by atoms with van der Waals surface area (Å²) in [5.74, 6) is 1.58. The van der Waals surface area contributed by atoms with E-state index in [1.807, 2.05) is 35.2 Å². The van der Waals surface area contributed by atoms with Crippen molar-refractivity contribution in [1.29, 1.82) is 0 Å². The van der Waals surface area contributed by atoms with Gasteiger partial charge < -0.3 is 14.8 Å². The first-order chi connectivity index (χ1) is 22.2. The van der Waals surface area contributed by atoms with Crippen LogP contribution in [0.5, 0.6) is 0 Å². The number of alkyl halides is 3. The first-order valence-electron chi connectivity index (χ1n) is 16.4. The van der Waals surface area contributed by atoms with E-state index in [0.29, 0.717) is 37.1 Å². The highest BCUT2D eigenvalue weighted by atomic mass is 19.4. The molecular formula is C34H40F3N7O2. The van der Waals surface area contributed by atoms with Crippen molar-refractivity contribution in [2.24, 2.45) is 5.92 Å². The molecule has 7 rings (SSSR count). The number of hydrogen-bond donors (Lipinski definition) is 1. The van der Waals surface area contributed by atoms with E-state index in [9.17, 15) is 22.8 Å². The number of carbonyl (C=O) groups is 2. The number of imidazole rings is 1. The molecule has 1 aromatic carbocycles. The smallest absolute Gasteiger partial charge is 0.336 e. The highest BCUT2D eigenvalue weighted by Gasteiger charge is 2.43. The van der Waals surface area contributed by atoms with Gasteiger partial charge in [-0.15, -0.1) is 0 Å². The molecular weight excluding hydrogens is 595 g/mol. The summed E-state index contributed by atoms with van der Waals surface area (Å²) in [7, 11) is 0. The Labute approximate surface area is 266 Å². The minimum Gasteiger partial charge on any atom is -0.336 e. The molecule has 9 nitrogen and oxygen atoms in total. The van der Waals surface area contributed by atoms with E-state index >= 15 is 0 Å². The average molecular weight is 636 g/mol. The largest absolute Gasteiger partial charge is 0.433 e. The standard InChI is InChI=1S/C34H40F3N7O2/c1-22-39-29-21-41(32(45)23-8-9-23)17-14-30(29)44(22)28-18-26-11-12-27(19-28)42(26)15-5-16-43(25-6-3-2-4-7-25)33(46)40-24-10-13-31(38-20-24)34(35,36)37/h2-4,6-7,10,13,20,23,26-28H,5,8-9,11-12,14-19,21H2,1H3,(H,40,46)/t26-,27+,28?. The molecule has 1 N–H and O–H groups in total. The number of benzene rings is 1. The molecule has 244 valence electrons. The maximum absolute atomic E-state index is 13.4. The number of piperidine rings is 1. The molecule has 1 aliphatic carbocycles. The number of nitrogens with one attached hydrogen (secondary N) is 1. The van der Waals surface area contributed by atoms with Gasteiger partial charge in [0.1, 0.15) is 11.5 Å². The Bertz CT molecular complexity index is 1560. The van der Waals surface area contributed by atoms with Gasteiger partial charge in [-0.2, -0.15) is 13.2 Å². The number of aromatic nitrogens is 3. The topological polar surface area (TPSA) is 86.6 Å². The Balaban J connectivity index is 0.979. The van der Waals surface area contributed by atoms with Crippen LogP contribution in [0.2, 0.25) is 0 Å². The normalized spacial score (nSPS) is 22.9. The summed E-state index contributed by atoms with van der Waals surface area (Å²) in [5, 5.41) is 2.72. The van der Waals surface area contributed by atoms with Crippen LogP contribution in [0, 0.1) is 12.8 Å². The number of aryl methyl sites for hydroxylation is 1. The van der Waals surface area contributed by atoms with Crippen LogP contribution in [0.1, 0.15) is 73.9 Å². The molecule has 0 spiro atoms. The summed E-state index contributed by atoms with van der Waals surface area (Å²) in [6, 6.07) is 12.3. The van der Waals surface area contributed by atoms with E-state index < -0.39 is 17.9 Å². The number of pyridine rings is 1. The van der Waals surface area contributed by atoms with Gasteiger partial charge in [0.2, 0.25) is 5.91 Å². The SMILES string of the molecule is Cc1nc2c(n1C1C[C@H]3CC[C@@H](C1)N3CCCN(C(=O)Nc1ccc(C(F)(F)F)nc1)c1ccccc1)CCN(C(=O)C1CC1)C2. The molecule has 4 aliphatic rings. The number of para-hydroxylation sites is 1. The van der Waals surface area contributed by atoms with Crippen molar-refractivity contribution in [3.05, 3.63) is 71.6 Å². The lowest BCUT2D eigenvalue weighted by atomic mass is 9.95. The number of carbonyl (C=O) groups excluding carboxylic acids is 2. The molecule has 12 heteroatoms. The third kappa shape index (κ3) is 6.23. The second-order valence-electron chi connectivity index (χ2n) is 13.2. The highest BCUT2D eigenvalue weighted by Crippen LogP contribution is 2.43. The van der Waals surface area contributed by atoms with Crippen LogP contribution in [0.4, 0.5) is 29.3 Å². The molecule has 0 radical (unpaired) electrons. The Morgan fingerprint density at radius 1 is 1.00 bits per heavy atom. The Morgan fingerprint density at radius 2 is 1.74 bits per heavy atom. The third-order valence-electron chi connectivity index (χ3n) is 10.1. The Hall–Kier alpha value is -3.93. The van der Waals surface area contributed by atoms with E-state index in [1.54, 1.807) is 4.90 Å². The van der Waals surface area contributed by atoms with E-state index in [0.717, 1.165) is 93.9 Å². The number of halogens is 3. The summed E-state index contributed by atoms with van der Waals surface area (Å²) < 4.78 is 41.3. The fourth-order valence-electron chi connectivity index (χ4n) is 7.82. The summed E-state index contributed by atoms with van der Waals surface area (Å²) >= 11 is 0. The Kier molecular flexibility index (Phi) is 8.25. The van der Waals surface area contributed by atoms with Crippen molar-refractivity contribution in [2.75, 3.05) is 29.9 Å². The lowest BCUT2D eigenvalue weighted by Gasteiger charge is -2.41. The monoisotopic (exact) mass is 635 g/mol. The second kappa shape index (κ2) is 12.4. The lowest BCUT2D eigenvalue weighted by Crippen LogP contribution is -2.45. The zero-order chi connectivity index (χ0) is 32.0. The lowest BCUT2D eigenvalue weighted by molar-refractivity contribution is -0.141. The van der Waals surface area contributed by atoms with Crippen LogP contribution in [0.3, 0.4) is 0 Å². The van der Waals surface area contributed by atoms with Gasteiger partial charge in [-0.25, -0.2) is 14.8 Å². The van der Waals surface area contributed by atoms with Crippen LogP contribution in [0.25, 0.3) is 0 Å². The number of anilines is 2. The molecule has 3 amide bonds. The first kappa shape index (κ1) is 30.7. The van der Waals surface area contributed by atoms with E-state index in [4.69, 9.17) is 4.98 Å². The highest BCUT2D eigenvalue weighted by molar-refractivity contribution is 6.01. The van der Waals surface area contributed by atoms with Gasteiger partial charge >= 0.3 is 12.2 Å². The molecule has 3 aromatic rings. The van der Waals surface area contributed by atoms with E-state index in [2.05, 4.69) is 26.7 Å². The van der Waals surface area contributed by atoms with Crippen molar-refractivity contribution in [3.63, 3.8) is 0 Å². The maximum atomic E-state index is 13.4. The quantitative estimate of drug-likeness (QED) is 0.319. The van der Waals surface area contributed by atoms with Gasteiger partial charge in [0.25, 0.3) is 0 Å². The van der Waals surface area contributed by atoms with Crippen molar-refractivity contribution in [1.82, 2.24) is 24.3 Å². The minimum atomic E-state index is -4.54. The molecule has 46 heavy (non-hydrogen) atoms. The van der Waals surface area contributed by atoms with Gasteiger partial charge in [-0.05, 0) is 76.1 Å². The molecule has 2 aromatic heterocycles. The predicted molar refractivity (Wildman–Crippen MR) is 167 cm³/mol. The molecule has 1 unspecified atom stereocenters. The third-order valence-corrected chi connectivity index (χ3v) is 10.1. The molecule has 2 bridgehead atoms. The minimum absolute atomic E-state index is 0.207. The zero-order valence-electron chi connectivity index (χ0n) is 26.0. The predicted octanol–water partition coefficient (Wildman–Crippen LogP) is 6.20. The van der Waals surface area contributed by atoms with Gasteiger partial charge in [-0.1, -0.05) is 18.2 Å². The Morgan fingerprint density at radius 3 is 2.39 bits per heavy atom. The number of rotatable bonds is 8. The maximum Gasteiger partial charge on any atom is 0.433 e. The summed E-state index contributed by atoms with van der Waals surface area (Å²) in [6.45, 7) is 4.84. The van der Waals surface area contributed by atoms with Crippen LogP contribution in [0.15, 0.2) is 48.7 Å². The average Bonchev–Trinajstić information content (AvgIpc) is 3.79. The molecule has 3 aliphatic heterocycles. The molecule has 3 atom stereocenters. The van der Waals surface area contributed by atoms with E-state index in [1.165, 1.54) is 11.8 Å². The molecule has 2 saturated heterocycles. The summed E-state index contributed by atoms with van der Waals surface area (Å²) in [5.41, 5.74) is 2.30. The number of hydrogen-bond acceptors (Lipinski definition) is 5. The van der Waals surface area contributed by atoms with E-state index in [-0.39, 0.29) is 11.6 Å². The van der Waals surface area contributed by atoms with Crippen molar-refractivity contribution >= 4 is 23.3 Å². The molecule has 3 fully saturated rings. The molecule has 5 heterocycles. The summed E-state index contributed by atoms with van der Waals surface area (Å²) in [4.78, 5) is 40.7. The van der Waals surface area contributed by atoms with Gasteiger partial charge in [-0.3, -0.25) is 14.6 Å². The van der Waals surface area contributed by atoms with Crippen LogP contribution >= 0.6 is 0 Å². The van der Waals surface area contributed by atoms with Crippen molar-refractivity contribution in [3.8, 4) is 0 Å². The van der Waals surface area contributed by atoms with Crippen molar-refractivity contribution < 1.29 is 22.8 Å². The van der Waals surface area contributed by atoms with Gasteiger partial charge in [0.15, 0.2) is 0 Å². The molecule has 1 saturated carbocycles. The van der Waals surface area contributed by atoms with Crippen molar-refractivity contribution in [2.45, 2.75) is 89.1 Å². The number of nitrogens with zero attached hydrogens (tertiary/aromatic N) is 6. The van der Waals surface area contributed by atoms with Gasteiger partial charge in [0, 0.05) is 61.5 Å². The summed E-state index contributed by atoms with van der Waals surface area (Å²) in [6.07, 6.45) is 4.61. The fourth-order valence-corrected chi connectivity index (χ4v) is 7.82. The van der Waals surface area contributed by atoms with Crippen LogP contribution in [-0.2, 0) is 23.9 Å². The zero-order valence-corrected chi connectivity index (χ0v) is 26.0. The second-order valence-corrected chi connectivity index (χ2v) is 13.2. The fraction of sp³-hybridized carbons (Fsp3) is 0.529. The van der Waals surface area contributed by atoms with Crippen LogP contribution < -0.4 is 10.2 Å². The number of amides is 3. The number of urea groups is 1. The number of fused-ring (bicyclic) bond motifs is 3.